The van der Waals surface area contributed by atoms with Crippen molar-refractivity contribution in [1.29, 1.82) is 0 Å². The van der Waals surface area contributed by atoms with Gasteiger partial charge in [-0.3, -0.25) is 4.90 Å². The van der Waals surface area contributed by atoms with Crippen LogP contribution in [0.3, 0.4) is 0 Å². The summed E-state index contributed by atoms with van der Waals surface area (Å²) in [5, 5.41) is 18.3. The zero-order valence-corrected chi connectivity index (χ0v) is 12.4. The van der Waals surface area contributed by atoms with Gasteiger partial charge in [0.05, 0.1) is 19.4 Å². The molecule has 0 aliphatic rings. The monoisotopic (exact) mass is 282 g/mol. The number of aliphatic hydroxyl groups is 2. The van der Waals surface area contributed by atoms with Crippen molar-refractivity contribution in [2.75, 3.05) is 20.2 Å². The molecule has 5 nitrogen and oxygen atoms in total. The van der Waals surface area contributed by atoms with Crippen molar-refractivity contribution < 1.29 is 14.9 Å². The molecule has 1 rings (SSSR count). The molecule has 0 aromatic heterocycles. The number of nitrogens with two attached hydrogens (primary N) is 1. The molecule has 0 aliphatic heterocycles. The van der Waals surface area contributed by atoms with E-state index in [0.29, 0.717) is 12.4 Å². The molecule has 0 radical (unpaired) electrons. The number of nitrogens with zero attached hydrogens (tertiary/aromatic N) is 1. The average molecular weight is 282 g/mol. The normalized spacial score (nSPS) is 12.7. The molecule has 0 aliphatic carbocycles. The van der Waals surface area contributed by atoms with Crippen LogP contribution < -0.4 is 10.5 Å². The van der Waals surface area contributed by atoms with Gasteiger partial charge in [-0.2, -0.15) is 0 Å². The Morgan fingerprint density at radius 1 is 1.20 bits per heavy atom. The molecule has 4 N–H and O–H groups in total. The number of aliphatic hydroxyl groups excluding tert-OH is 2. The van der Waals surface area contributed by atoms with Gasteiger partial charge >= 0.3 is 0 Å². The third-order valence-corrected chi connectivity index (χ3v) is 3.25. The van der Waals surface area contributed by atoms with Crippen LogP contribution >= 0.6 is 0 Å². The lowest BCUT2D eigenvalue weighted by Crippen LogP contribution is -2.41. The summed E-state index contributed by atoms with van der Waals surface area (Å²) in [5.41, 5.74) is 7.48. The van der Waals surface area contributed by atoms with Gasteiger partial charge in [-0.15, -0.1) is 0 Å². The number of hydrogen-bond donors (Lipinski definition) is 3. The van der Waals surface area contributed by atoms with E-state index in [0.717, 1.165) is 30.5 Å². The van der Waals surface area contributed by atoms with Crippen molar-refractivity contribution in [3.8, 4) is 5.75 Å². The number of rotatable bonds is 9. The molecule has 1 aromatic carbocycles. The fourth-order valence-corrected chi connectivity index (χ4v) is 1.98. The van der Waals surface area contributed by atoms with Gasteiger partial charge in [-0.1, -0.05) is 19.4 Å². The van der Waals surface area contributed by atoms with Crippen LogP contribution in [0.1, 0.15) is 30.9 Å². The van der Waals surface area contributed by atoms with Crippen molar-refractivity contribution in [2.24, 2.45) is 5.73 Å². The van der Waals surface area contributed by atoms with E-state index in [9.17, 15) is 0 Å². The maximum atomic E-state index is 9.17. The maximum Gasteiger partial charge on any atom is 0.120 e. The van der Waals surface area contributed by atoms with Crippen molar-refractivity contribution in [3.05, 3.63) is 29.3 Å². The molecule has 114 valence electrons. The first-order valence-electron chi connectivity index (χ1n) is 7.03. The van der Waals surface area contributed by atoms with Gasteiger partial charge in [0.25, 0.3) is 0 Å². The van der Waals surface area contributed by atoms with Gasteiger partial charge in [0.2, 0.25) is 0 Å². The summed E-state index contributed by atoms with van der Waals surface area (Å²) in [4.78, 5) is 2.06. The molecule has 1 aromatic rings. The molecule has 0 fully saturated rings. The van der Waals surface area contributed by atoms with Crippen LogP contribution in [0.2, 0.25) is 0 Å². The highest BCUT2D eigenvalue weighted by molar-refractivity contribution is 5.33. The quantitative estimate of drug-likeness (QED) is 0.590. The van der Waals surface area contributed by atoms with Crippen molar-refractivity contribution in [1.82, 2.24) is 4.90 Å². The Balaban J connectivity index is 2.49. The van der Waals surface area contributed by atoms with Crippen LogP contribution in [0, 0.1) is 0 Å². The lowest BCUT2D eigenvalue weighted by molar-refractivity contribution is 0.185. The highest BCUT2D eigenvalue weighted by atomic mass is 16.5. The first-order chi connectivity index (χ1) is 9.60. The summed E-state index contributed by atoms with van der Waals surface area (Å²) in [6.45, 7) is 3.24. The van der Waals surface area contributed by atoms with Gasteiger partial charge in [0.1, 0.15) is 12.4 Å². The molecule has 0 bridgehead atoms. The van der Waals surface area contributed by atoms with E-state index >= 15 is 0 Å². The van der Waals surface area contributed by atoms with Crippen molar-refractivity contribution in [2.45, 2.75) is 39.1 Å². The molecule has 0 saturated heterocycles. The highest BCUT2D eigenvalue weighted by Crippen LogP contribution is 2.17. The first kappa shape index (κ1) is 16.9. The minimum Gasteiger partial charge on any atom is -0.492 e. The number of ether oxygens (including phenoxy) is 1. The van der Waals surface area contributed by atoms with Crippen molar-refractivity contribution in [3.63, 3.8) is 0 Å². The topological polar surface area (TPSA) is 79.0 Å². The molecular weight excluding hydrogens is 256 g/mol. The zero-order chi connectivity index (χ0) is 15.0. The molecule has 0 saturated carbocycles. The van der Waals surface area contributed by atoms with E-state index in [1.807, 2.05) is 7.05 Å². The van der Waals surface area contributed by atoms with Gasteiger partial charge in [0.15, 0.2) is 0 Å². The number of likely N-dealkylation sites (N-methyl/N-ethyl adjacent to an activating group) is 1. The van der Waals surface area contributed by atoms with Crippen LogP contribution in [-0.2, 0) is 13.2 Å². The van der Waals surface area contributed by atoms with Crippen LogP contribution in [-0.4, -0.2) is 41.5 Å². The summed E-state index contributed by atoms with van der Waals surface area (Å²) in [6, 6.07) is 5.33. The fraction of sp³-hybridized carbons (Fsp3) is 0.600. The predicted octanol–water partition coefficient (Wildman–Crippen LogP) is 1.07. The Bertz CT molecular complexity index is 376. The van der Waals surface area contributed by atoms with Gasteiger partial charge in [0, 0.05) is 6.54 Å². The van der Waals surface area contributed by atoms with E-state index in [-0.39, 0.29) is 19.4 Å². The second-order valence-corrected chi connectivity index (χ2v) is 4.99. The van der Waals surface area contributed by atoms with Crippen LogP contribution in [0.25, 0.3) is 0 Å². The second kappa shape index (κ2) is 8.92. The summed E-state index contributed by atoms with van der Waals surface area (Å²) in [5.74, 6) is 0.665. The van der Waals surface area contributed by atoms with Gasteiger partial charge in [-0.25, -0.2) is 0 Å². The third-order valence-electron chi connectivity index (χ3n) is 3.25. The SMILES string of the molecule is CCCC(N)N(C)CCOc1cc(CO)cc(CO)c1. The summed E-state index contributed by atoms with van der Waals surface area (Å²) >= 11 is 0. The van der Waals surface area contributed by atoms with Crippen LogP contribution in [0.15, 0.2) is 18.2 Å². The smallest absolute Gasteiger partial charge is 0.120 e. The Hall–Kier alpha value is -1.14. The summed E-state index contributed by atoms with van der Waals surface area (Å²) in [7, 11) is 1.98. The van der Waals surface area contributed by atoms with Crippen LogP contribution in [0.5, 0.6) is 5.75 Å². The van der Waals surface area contributed by atoms with Gasteiger partial charge in [-0.05, 0) is 36.7 Å². The molecule has 0 heterocycles. The van der Waals surface area contributed by atoms with Gasteiger partial charge < -0.3 is 20.7 Å². The molecule has 5 heteroatoms. The largest absolute Gasteiger partial charge is 0.492 e. The Morgan fingerprint density at radius 3 is 2.30 bits per heavy atom. The number of benzene rings is 1. The number of hydrogen-bond acceptors (Lipinski definition) is 5. The predicted molar refractivity (Wildman–Crippen MR) is 79.3 cm³/mol. The lowest BCUT2D eigenvalue weighted by Gasteiger charge is -2.24. The second-order valence-electron chi connectivity index (χ2n) is 4.99. The molecule has 1 unspecified atom stereocenters. The third kappa shape index (κ3) is 5.46. The maximum absolute atomic E-state index is 9.17. The Kier molecular flexibility index (Phi) is 7.54. The zero-order valence-electron chi connectivity index (χ0n) is 12.4. The van der Waals surface area contributed by atoms with E-state index in [4.69, 9.17) is 20.7 Å². The molecule has 0 amide bonds. The standard InChI is InChI=1S/C15H26N2O3/c1-3-4-15(16)17(2)5-6-20-14-8-12(10-18)7-13(9-14)11-19/h7-9,15,18-19H,3-6,10-11,16H2,1-2H3. The average Bonchev–Trinajstić information content (AvgIpc) is 2.46. The van der Waals surface area contributed by atoms with E-state index in [1.165, 1.54) is 0 Å². The van der Waals surface area contributed by atoms with E-state index in [2.05, 4.69) is 11.8 Å². The molecule has 1 atom stereocenters. The first-order valence-corrected chi connectivity index (χ1v) is 7.03. The van der Waals surface area contributed by atoms with Crippen LogP contribution in [0.4, 0.5) is 0 Å². The lowest BCUT2D eigenvalue weighted by atomic mass is 10.1. The molecular formula is C15H26N2O3. The fourth-order valence-electron chi connectivity index (χ4n) is 1.98. The molecule has 20 heavy (non-hydrogen) atoms. The minimum atomic E-state index is -0.0640. The minimum absolute atomic E-state index is 0.0559. The highest BCUT2D eigenvalue weighted by Gasteiger charge is 2.08. The van der Waals surface area contributed by atoms with E-state index < -0.39 is 0 Å². The van der Waals surface area contributed by atoms with Crippen molar-refractivity contribution >= 4 is 0 Å². The Morgan fingerprint density at radius 2 is 1.80 bits per heavy atom. The summed E-state index contributed by atoms with van der Waals surface area (Å²) < 4.78 is 5.67. The summed E-state index contributed by atoms with van der Waals surface area (Å²) in [6.07, 6.45) is 2.08. The molecule has 0 spiro atoms. The van der Waals surface area contributed by atoms with E-state index in [1.54, 1.807) is 18.2 Å². The Labute approximate surface area is 121 Å².